The van der Waals surface area contributed by atoms with Gasteiger partial charge in [-0.15, -0.1) is 0 Å². The minimum atomic E-state index is -1.31. The second-order valence-corrected chi connectivity index (χ2v) is 2.51. The molecule has 0 aliphatic rings. The first kappa shape index (κ1) is 9.74. The topological polar surface area (TPSA) is 86.6 Å². The Hall–Kier alpha value is -1.26. The van der Waals surface area contributed by atoms with Crippen molar-refractivity contribution in [2.24, 2.45) is 5.92 Å². The lowest BCUT2D eigenvalue weighted by Gasteiger charge is -2.14. The van der Waals surface area contributed by atoms with Gasteiger partial charge in [-0.1, -0.05) is 13.8 Å². The van der Waals surface area contributed by atoms with Crippen LogP contribution < -0.4 is 5.32 Å². The summed E-state index contributed by atoms with van der Waals surface area (Å²) >= 11 is 0. The molecule has 0 aliphatic heterocycles. The number of carboxylic acid groups (broad SMARTS) is 2. The van der Waals surface area contributed by atoms with Crippen molar-refractivity contribution in [2.45, 2.75) is 19.9 Å². The molecule has 0 saturated carbocycles. The smallest absolute Gasteiger partial charge is 0.405 e. The molecule has 0 radical (unpaired) electrons. The first-order chi connectivity index (χ1) is 4.95. The molecule has 0 aromatic heterocycles. The lowest BCUT2D eigenvalue weighted by molar-refractivity contribution is -0.140. The lowest BCUT2D eigenvalue weighted by Crippen LogP contribution is -2.43. The molecular weight excluding hydrogens is 150 g/mol. The number of aliphatic carboxylic acids is 1. The monoisotopic (exact) mass is 161 g/mol. The highest BCUT2D eigenvalue weighted by molar-refractivity contribution is 5.79. The van der Waals surface area contributed by atoms with E-state index in [1.54, 1.807) is 13.8 Å². The average Bonchev–Trinajstić information content (AvgIpc) is 1.81. The van der Waals surface area contributed by atoms with Gasteiger partial charge in [0, 0.05) is 0 Å². The van der Waals surface area contributed by atoms with E-state index in [9.17, 15) is 9.59 Å². The highest BCUT2D eigenvalue weighted by atomic mass is 16.4. The van der Waals surface area contributed by atoms with E-state index in [0.717, 1.165) is 0 Å². The maximum atomic E-state index is 10.4. The van der Waals surface area contributed by atoms with Crippen molar-refractivity contribution in [3.63, 3.8) is 0 Å². The number of rotatable bonds is 3. The summed E-state index contributed by atoms with van der Waals surface area (Å²) < 4.78 is 0. The van der Waals surface area contributed by atoms with E-state index in [1.807, 2.05) is 5.32 Å². The minimum Gasteiger partial charge on any atom is -0.480 e. The van der Waals surface area contributed by atoms with Crippen molar-refractivity contribution in [3.8, 4) is 0 Å². The van der Waals surface area contributed by atoms with Crippen molar-refractivity contribution < 1.29 is 19.8 Å². The second-order valence-electron chi connectivity index (χ2n) is 2.51. The summed E-state index contributed by atoms with van der Waals surface area (Å²) in [6.45, 7) is 3.27. The van der Waals surface area contributed by atoms with Crippen LogP contribution in [0.5, 0.6) is 0 Å². The molecule has 0 unspecified atom stereocenters. The van der Waals surface area contributed by atoms with E-state index in [-0.39, 0.29) is 5.92 Å². The summed E-state index contributed by atoms with van der Waals surface area (Å²) in [7, 11) is 0. The van der Waals surface area contributed by atoms with Gasteiger partial charge in [-0.3, -0.25) is 0 Å². The predicted molar refractivity (Wildman–Crippen MR) is 37.4 cm³/mol. The molecule has 5 nitrogen and oxygen atoms in total. The molecule has 0 aromatic carbocycles. The summed E-state index contributed by atoms with van der Waals surface area (Å²) in [4.78, 5) is 20.4. The highest BCUT2D eigenvalue weighted by Crippen LogP contribution is 2.00. The Morgan fingerprint density at radius 2 is 1.73 bits per heavy atom. The number of carboxylic acids is 1. The van der Waals surface area contributed by atoms with E-state index < -0.39 is 18.1 Å². The molecule has 0 aromatic rings. The predicted octanol–water partition coefficient (Wildman–Crippen LogP) is 0.363. The summed E-state index contributed by atoms with van der Waals surface area (Å²) in [6.07, 6.45) is -1.31. The van der Waals surface area contributed by atoms with Crippen molar-refractivity contribution in [1.82, 2.24) is 5.32 Å². The van der Waals surface area contributed by atoms with Gasteiger partial charge in [0.2, 0.25) is 0 Å². The minimum absolute atomic E-state index is 0.247. The fourth-order valence-corrected chi connectivity index (χ4v) is 0.647. The standard InChI is InChI=1S/C6H11NO4/c1-3(2)4(5(8)9)7-6(10)11/h3-4,7H,1-2H3,(H,8,9)(H,10,11)/t4-/m0/s1. The molecule has 5 heteroatoms. The zero-order valence-electron chi connectivity index (χ0n) is 6.37. The van der Waals surface area contributed by atoms with Gasteiger partial charge in [-0.2, -0.15) is 0 Å². The third kappa shape index (κ3) is 3.44. The van der Waals surface area contributed by atoms with E-state index in [0.29, 0.717) is 0 Å². The number of nitrogens with one attached hydrogen (secondary N) is 1. The largest absolute Gasteiger partial charge is 0.480 e. The van der Waals surface area contributed by atoms with E-state index in [2.05, 4.69) is 0 Å². The third-order valence-electron chi connectivity index (χ3n) is 1.21. The number of carbonyl (C=O) groups is 2. The molecule has 0 aliphatic carbocycles. The third-order valence-corrected chi connectivity index (χ3v) is 1.21. The van der Waals surface area contributed by atoms with Crippen LogP contribution in [0.25, 0.3) is 0 Å². The SMILES string of the molecule is CC(C)[C@H](NC(=O)O)C(=O)O. The van der Waals surface area contributed by atoms with Crippen LogP contribution in [0.15, 0.2) is 0 Å². The highest BCUT2D eigenvalue weighted by Gasteiger charge is 2.22. The maximum Gasteiger partial charge on any atom is 0.405 e. The quantitative estimate of drug-likeness (QED) is 0.557. The fraction of sp³-hybridized carbons (Fsp3) is 0.667. The van der Waals surface area contributed by atoms with Crippen LogP contribution >= 0.6 is 0 Å². The zero-order chi connectivity index (χ0) is 9.02. The van der Waals surface area contributed by atoms with Crippen molar-refractivity contribution >= 4 is 12.1 Å². The molecule has 0 rings (SSSR count). The molecule has 64 valence electrons. The molecule has 0 fully saturated rings. The van der Waals surface area contributed by atoms with Crippen LogP contribution in [-0.4, -0.2) is 28.3 Å². The Kier molecular flexibility index (Phi) is 3.36. The van der Waals surface area contributed by atoms with Gasteiger partial charge in [0.05, 0.1) is 0 Å². The molecule has 1 atom stereocenters. The van der Waals surface area contributed by atoms with Gasteiger partial charge < -0.3 is 15.5 Å². The van der Waals surface area contributed by atoms with Gasteiger partial charge >= 0.3 is 12.1 Å². The zero-order valence-corrected chi connectivity index (χ0v) is 6.37. The van der Waals surface area contributed by atoms with Crippen LogP contribution in [0, 0.1) is 5.92 Å². The summed E-state index contributed by atoms with van der Waals surface area (Å²) in [5, 5.41) is 18.6. The van der Waals surface area contributed by atoms with Crippen molar-refractivity contribution in [2.75, 3.05) is 0 Å². The van der Waals surface area contributed by atoms with E-state index >= 15 is 0 Å². The van der Waals surface area contributed by atoms with Crippen LogP contribution in [-0.2, 0) is 4.79 Å². The second kappa shape index (κ2) is 3.80. The van der Waals surface area contributed by atoms with Crippen LogP contribution in [0.1, 0.15) is 13.8 Å². The molecule has 0 spiro atoms. The molecule has 0 saturated heterocycles. The molecule has 0 bridgehead atoms. The fourth-order valence-electron chi connectivity index (χ4n) is 0.647. The van der Waals surface area contributed by atoms with Gasteiger partial charge in [0.1, 0.15) is 6.04 Å². The Morgan fingerprint density at radius 3 is 1.82 bits per heavy atom. The summed E-state index contributed by atoms with van der Waals surface area (Å²) in [5.74, 6) is -1.40. The van der Waals surface area contributed by atoms with Gasteiger partial charge in [-0.25, -0.2) is 9.59 Å². The van der Waals surface area contributed by atoms with Gasteiger partial charge in [0.15, 0.2) is 0 Å². The van der Waals surface area contributed by atoms with Crippen LogP contribution in [0.4, 0.5) is 4.79 Å². The van der Waals surface area contributed by atoms with Gasteiger partial charge in [-0.05, 0) is 5.92 Å². The molecule has 0 heterocycles. The number of hydrogen-bond donors (Lipinski definition) is 3. The van der Waals surface area contributed by atoms with Crippen molar-refractivity contribution in [3.05, 3.63) is 0 Å². The number of amides is 1. The summed E-state index contributed by atoms with van der Waals surface area (Å²) in [5.41, 5.74) is 0. The van der Waals surface area contributed by atoms with Crippen molar-refractivity contribution in [1.29, 1.82) is 0 Å². The maximum absolute atomic E-state index is 10.4. The first-order valence-electron chi connectivity index (χ1n) is 3.17. The molecule has 3 N–H and O–H groups in total. The Balaban J connectivity index is 4.12. The normalized spacial score (nSPS) is 12.6. The average molecular weight is 161 g/mol. The van der Waals surface area contributed by atoms with E-state index in [4.69, 9.17) is 10.2 Å². The van der Waals surface area contributed by atoms with Crippen LogP contribution in [0.3, 0.4) is 0 Å². The lowest BCUT2D eigenvalue weighted by atomic mass is 10.1. The Bertz CT molecular complexity index is 166. The van der Waals surface area contributed by atoms with Crippen LogP contribution in [0.2, 0.25) is 0 Å². The Morgan fingerprint density at radius 1 is 1.27 bits per heavy atom. The van der Waals surface area contributed by atoms with E-state index in [1.165, 1.54) is 0 Å². The van der Waals surface area contributed by atoms with Gasteiger partial charge in [0.25, 0.3) is 0 Å². The first-order valence-corrected chi connectivity index (χ1v) is 3.17. The summed E-state index contributed by atoms with van der Waals surface area (Å²) in [6, 6.07) is -1.02. The molecule has 1 amide bonds. The molecular formula is C6H11NO4. The Labute approximate surface area is 64.0 Å². The number of hydrogen-bond acceptors (Lipinski definition) is 2. The molecule has 11 heavy (non-hydrogen) atoms.